The monoisotopic (exact) mass is 192 g/mol. The molecule has 74 valence electrons. The van der Waals surface area contributed by atoms with Gasteiger partial charge in [0.05, 0.1) is 6.10 Å². The van der Waals surface area contributed by atoms with E-state index in [1.54, 1.807) is 0 Å². The van der Waals surface area contributed by atoms with Crippen molar-refractivity contribution in [3.63, 3.8) is 0 Å². The molecular weight excluding hydrogens is 172 g/mol. The molecule has 0 aliphatic carbocycles. The van der Waals surface area contributed by atoms with E-state index in [2.05, 4.69) is 12.6 Å². The van der Waals surface area contributed by atoms with Crippen LogP contribution in [-0.2, 0) is 0 Å². The molecule has 0 aromatic rings. The lowest BCUT2D eigenvalue weighted by Crippen LogP contribution is -2.40. The highest BCUT2D eigenvalue weighted by Crippen LogP contribution is 2.28. The van der Waals surface area contributed by atoms with Gasteiger partial charge in [-0.05, 0) is 19.8 Å². The number of thiol groups is 1. The summed E-state index contributed by atoms with van der Waals surface area (Å²) in [6.07, 6.45) is 1.06. The van der Waals surface area contributed by atoms with Crippen LogP contribution in [0.1, 0.15) is 33.6 Å². The van der Waals surface area contributed by atoms with Gasteiger partial charge in [0.2, 0.25) is 0 Å². The van der Waals surface area contributed by atoms with Crippen LogP contribution in [0.4, 0.5) is 0 Å². The third kappa shape index (κ3) is 2.96. The Morgan fingerprint density at radius 2 is 1.92 bits per heavy atom. The molecule has 0 heterocycles. The van der Waals surface area contributed by atoms with E-state index < -0.39 is 6.10 Å². The zero-order valence-corrected chi connectivity index (χ0v) is 9.01. The molecule has 0 saturated heterocycles. The molecule has 3 heteroatoms. The van der Waals surface area contributed by atoms with Gasteiger partial charge in [-0.15, -0.1) is 0 Å². The van der Waals surface area contributed by atoms with Gasteiger partial charge in [-0.2, -0.15) is 12.6 Å². The van der Waals surface area contributed by atoms with Crippen molar-refractivity contribution in [2.45, 2.75) is 44.5 Å². The molecule has 0 aliphatic rings. The fourth-order valence-corrected chi connectivity index (χ4v) is 1.38. The van der Waals surface area contributed by atoms with Crippen molar-refractivity contribution >= 4 is 12.6 Å². The smallest absolute Gasteiger partial charge is 0.0731 e. The molecule has 0 bridgehead atoms. The highest BCUT2D eigenvalue weighted by atomic mass is 32.1. The number of aliphatic hydroxyl groups is 2. The van der Waals surface area contributed by atoms with E-state index in [1.165, 1.54) is 0 Å². The van der Waals surface area contributed by atoms with Gasteiger partial charge >= 0.3 is 0 Å². The maximum absolute atomic E-state index is 9.80. The maximum atomic E-state index is 9.80. The van der Waals surface area contributed by atoms with E-state index >= 15 is 0 Å². The van der Waals surface area contributed by atoms with Crippen molar-refractivity contribution in [2.75, 3.05) is 6.61 Å². The van der Waals surface area contributed by atoms with Gasteiger partial charge in [-0.25, -0.2) is 0 Å². The molecule has 0 fully saturated rings. The lowest BCUT2D eigenvalue weighted by Gasteiger charge is -2.33. The lowest BCUT2D eigenvalue weighted by molar-refractivity contribution is 0.0389. The summed E-state index contributed by atoms with van der Waals surface area (Å²) in [4.78, 5) is 0. The van der Waals surface area contributed by atoms with E-state index in [9.17, 15) is 5.11 Å². The van der Waals surface area contributed by atoms with Crippen molar-refractivity contribution in [3.05, 3.63) is 0 Å². The van der Waals surface area contributed by atoms with Gasteiger partial charge in [0.15, 0.2) is 0 Å². The third-order valence-electron chi connectivity index (χ3n) is 2.56. The summed E-state index contributed by atoms with van der Waals surface area (Å²) < 4.78 is -0.386. The molecule has 2 N–H and O–H groups in total. The van der Waals surface area contributed by atoms with Gasteiger partial charge in [0.25, 0.3) is 0 Å². The highest BCUT2D eigenvalue weighted by Gasteiger charge is 2.32. The van der Waals surface area contributed by atoms with Crippen LogP contribution in [0, 0.1) is 5.92 Å². The predicted octanol–water partition coefficient (Wildman–Crippen LogP) is 1.46. The topological polar surface area (TPSA) is 40.5 Å². The Labute approximate surface area is 80.4 Å². The maximum Gasteiger partial charge on any atom is 0.0731 e. The van der Waals surface area contributed by atoms with Crippen molar-refractivity contribution < 1.29 is 10.2 Å². The van der Waals surface area contributed by atoms with Gasteiger partial charge in [0, 0.05) is 17.3 Å². The van der Waals surface area contributed by atoms with E-state index in [0.29, 0.717) is 0 Å². The predicted molar refractivity (Wildman–Crippen MR) is 54.6 cm³/mol. The molecule has 0 amide bonds. The zero-order chi connectivity index (χ0) is 9.78. The van der Waals surface area contributed by atoms with Gasteiger partial charge in [-0.3, -0.25) is 0 Å². The summed E-state index contributed by atoms with van der Waals surface area (Å²) in [5.74, 6) is -0.0487. The first-order valence-electron chi connectivity index (χ1n) is 4.50. The number of rotatable bonds is 5. The first-order chi connectivity index (χ1) is 5.49. The van der Waals surface area contributed by atoms with Crippen LogP contribution < -0.4 is 0 Å². The van der Waals surface area contributed by atoms with Gasteiger partial charge in [-0.1, -0.05) is 13.8 Å². The number of aliphatic hydroxyl groups excluding tert-OH is 2. The van der Waals surface area contributed by atoms with Crippen LogP contribution >= 0.6 is 12.6 Å². The molecular formula is C9H20O2S. The van der Waals surface area contributed by atoms with E-state index in [4.69, 9.17) is 5.11 Å². The van der Waals surface area contributed by atoms with Gasteiger partial charge in [0.1, 0.15) is 0 Å². The second-order valence-electron chi connectivity index (χ2n) is 3.51. The van der Waals surface area contributed by atoms with E-state index in [0.717, 1.165) is 12.8 Å². The molecule has 0 aliphatic heterocycles. The Bertz CT molecular complexity index is 122. The second-order valence-corrected chi connectivity index (χ2v) is 4.53. The minimum atomic E-state index is -0.527. The number of hydrogen-bond acceptors (Lipinski definition) is 3. The molecule has 0 aromatic heterocycles. The fraction of sp³-hybridized carbons (Fsp3) is 1.00. The molecule has 3 atom stereocenters. The quantitative estimate of drug-likeness (QED) is 0.577. The minimum Gasteiger partial charge on any atom is -0.396 e. The zero-order valence-electron chi connectivity index (χ0n) is 8.12. The van der Waals surface area contributed by atoms with Crippen LogP contribution in [0.5, 0.6) is 0 Å². The van der Waals surface area contributed by atoms with Crippen LogP contribution in [-0.4, -0.2) is 27.7 Å². The average molecular weight is 192 g/mol. The molecule has 0 aromatic carbocycles. The Hall–Kier alpha value is 0.270. The van der Waals surface area contributed by atoms with Crippen molar-refractivity contribution in [1.82, 2.24) is 0 Å². The van der Waals surface area contributed by atoms with Crippen LogP contribution in [0.15, 0.2) is 0 Å². The standard InChI is InChI=1S/C9H20O2S/c1-4-7(6-10)8(11)9(3,12)5-2/h7-8,10-12H,4-6H2,1-3H3/t7-,8-,9+/m0/s1. The largest absolute Gasteiger partial charge is 0.396 e. The Morgan fingerprint density at radius 1 is 1.42 bits per heavy atom. The van der Waals surface area contributed by atoms with Crippen molar-refractivity contribution in [3.8, 4) is 0 Å². The van der Waals surface area contributed by atoms with Crippen LogP contribution in [0.2, 0.25) is 0 Å². The average Bonchev–Trinajstić information content (AvgIpc) is 2.06. The van der Waals surface area contributed by atoms with Crippen molar-refractivity contribution in [2.24, 2.45) is 5.92 Å². The highest BCUT2D eigenvalue weighted by molar-refractivity contribution is 7.81. The molecule has 0 saturated carbocycles. The Kier molecular flexibility index (Phi) is 5.21. The van der Waals surface area contributed by atoms with Crippen molar-refractivity contribution in [1.29, 1.82) is 0 Å². The molecule has 0 rings (SSSR count). The summed E-state index contributed by atoms with van der Waals surface area (Å²) >= 11 is 4.37. The van der Waals surface area contributed by atoms with E-state index in [1.807, 2.05) is 20.8 Å². The third-order valence-corrected chi connectivity index (χ3v) is 3.14. The lowest BCUT2D eigenvalue weighted by atomic mass is 9.88. The fourth-order valence-electron chi connectivity index (χ4n) is 1.17. The molecule has 0 unspecified atom stereocenters. The Balaban J connectivity index is 4.23. The first-order valence-corrected chi connectivity index (χ1v) is 4.95. The minimum absolute atomic E-state index is 0.0355. The summed E-state index contributed by atoms with van der Waals surface area (Å²) in [5, 5.41) is 18.8. The summed E-state index contributed by atoms with van der Waals surface area (Å²) in [7, 11) is 0. The normalized spacial score (nSPS) is 21.5. The van der Waals surface area contributed by atoms with Crippen LogP contribution in [0.25, 0.3) is 0 Å². The van der Waals surface area contributed by atoms with E-state index in [-0.39, 0.29) is 17.3 Å². The summed E-state index contributed by atoms with van der Waals surface area (Å²) in [6, 6.07) is 0. The summed E-state index contributed by atoms with van der Waals surface area (Å²) in [5.41, 5.74) is 0. The molecule has 2 nitrogen and oxygen atoms in total. The molecule has 0 spiro atoms. The SMILES string of the molecule is CC[C@@H](CO)[C@H](O)[C@](C)(S)CC. The van der Waals surface area contributed by atoms with Gasteiger partial charge < -0.3 is 10.2 Å². The molecule has 0 radical (unpaired) electrons. The number of hydrogen-bond donors (Lipinski definition) is 3. The first kappa shape index (κ1) is 12.3. The van der Waals surface area contributed by atoms with Crippen LogP contribution in [0.3, 0.4) is 0 Å². The Morgan fingerprint density at radius 3 is 2.17 bits per heavy atom. The molecule has 12 heavy (non-hydrogen) atoms. The summed E-state index contributed by atoms with van der Waals surface area (Å²) in [6.45, 7) is 5.89. The second kappa shape index (κ2) is 5.10.